The number of nitrogens with one attached hydrogen (secondary N) is 1. The molecule has 0 saturated heterocycles. The van der Waals surface area contributed by atoms with Crippen molar-refractivity contribution in [1.82, 2.24) is 10.3 Å². The second kappa shape index (κ2) is 8.49. The Kier molecular flexibility index (Phi) is 6.05. The largest absolute Gasteiger partial charge is 0.507 e. The number of pyridine rings is 1. The number of nitrogens with zero attached hydrogens (tertiary/aromatic N) is 2. The van der Waals surface area contributed by atoms with Gasteiger partial charge in [0, 0.05) is 11.8 Å². The fourth-order valence-corrected chi connectivity index (χ4v) is 2.98. The maximum absolute atomic E-state index is 12.8. The minimum absolute atomic E-state index is 0.00311. The zero-order chi connectivity index (χ0) is 20.3. The molecule has 1 atom stereocenters. The molecule has 1 aromatic heterocycles. The molecule has 2 aromatic carbocycles. The number of aromatic nitrogens is 1. The van der Waals surface area contributed by atoms with Crippen molar-refractivity contribution in [1.29, 1.82) is 5.26 Å². The van der Waals surface area contributed by atoms with Crippen LogP contribution in [0.15, 0.2) is 54.7 Å². The van der Waals surface area contributed by atoms with Crippen LogP contribution in [-0.2, 0) is 0 Å². The molecule has 0 spiro atoms. The number of carbonyl (C=O) groups is 1. The molecule has 1 amide bonds. The first kappa shape index (κ1) is 20.0. The van der Waals surface area contributed by atoms with Gasteiger partial charge >= 0.3 is 0 Å². The lowest BCUT2D eigenvalue weighted by atomic mass is 10.0. The molecule has 0 unspecified atom stereocenters. The van der Waals surface area contributed by atoms with Crippen molar-refractivity contribution < 1.29 is 9.90 Å². The maximum atomic E-state index is 12.8. The van der Waals surface area contributed by atoms with Crippen LogP contribution >= 0.6 is 34.8 Å². The van der Waals surface area contributed by atoms with Gasteiger partial charge in [-0.05, 0) is 48.0 Å². The summed E-state index contributed by atoms with van der Waals surface area (Å²) in [7, 11) is 0. The van der Waals surface area contributed by atoms with Crippen molar-refractivity contribution in [2.75, 3.05) is 0 Å². The van der Waals surface area contributed by atoms with Crippen LogP contribution in [0.1, 0.15) is 33.2 Å². The smallest absolute Gasteiger partial charge is 0.252 e. The van der Waals surface area contributed by atoms with E-state index in [2.05, 4.69) is 10.3 Å². The van der Waals surface area contributed by atoms with Crippen LogP contribution in [0.5, 0.6) is 5.75 Å². The summed E-state index contributed by atoms with van der Waals surface area (Å²) in [4.78, 5) is 17.1. The van der Waals surface area contributed by atoms with Crippen LogP contribution in [0, 0.1) is 11.3 Å². The highest BCUT2D eigenvalue weighted by atomic mass is 35.5. The van der Waals surface area contributed by atoms with Gasteiger partial charge in [0.1, 0.15) is 11.8 Å². The highest BCUT2D eigenvalue weighted by molar-refractivity contribution is 6.42. The zero-order valence-corrected chi connectivity index (χ0v) is 16.4. The number of amides is 1. The Morgan fingerprint density at radius 3 is 2.50 bits per heavy atom. The van der Waals surface area contributed by atoms with E-state index in [0.29, 0.717) is 26.3 Å². The second-order valence-electron chi connectivity index (χ2n) is 5.83. The van der Waals surface area contributed by atoms with Gasteiger partial charge in [0.25, 0.3) is 5.91 Å². The standard InChI is InChI=1S/C20H12Cl3N3O2/c21-14-3-5-17(25-10-14)19(11-1-4-15(22)16(23)8-11)26-20(28)12-2-6-18(27)13(7-12)9-24/h1-8,10,19,27H,(H,26,28)/t19-/m0/s1. The SMILES string of the molecule is N#Cc1cc(C(=O)N[C@@H](c2ccc(Cl)c(Cl)c2)c2ccc(Cl)cn2)ccc1O. The number of carbonyl (C=O) groups excluding carboxylic acids is 1. The van der Waals surface area contributed by atoms with Crippen LogP contribution in [0.3, 0.4) is 0 Å². The number of phenolic OH excluding ortho intramolecular Hbond substituents is 1. The molecule has 8 heteroatoms. The lowest BCUT2D eigenvalue weighted by Crippen LogP contribution is -2.30. The highest BCUT2D eigenvalue weighted by Crippen LogP contribution is 2.29. The first-order chi connectivity index (χ1) is 13.4. The van der Waals surface area contributed by atoms with Crippen molar-refractivity contribution in [2.45, 2.75) is 6.04 Å². The van der Waals surface area contributed by atoms with Gasteiger partial charge in [0.05, 0.1) is 32.4 Å². The van der Waals surface area contributed by atoms with E-state index in [9.17, 15) is 9.90 Å². The average molecular weight is 433 g/mol. The van der Waals surface area contributed by atoms with Crippen molar-refractivity contribution in [3.05, 3.63) is 92.2 Å². The van der Waals surface area contributed by atoms with Gasteiger partial charge in [0.15, 0.2) is 0 Å². The molecule has 0 aliphatic rings. The Labute approximate surface area is 176 Å². The van der Waals surface area contributed by atoms with E-state index >= 15 is 0 Å². The van der Waals surface area contributed by atoms with Crippen LogP contribution in [0.25, 0.3) is 0 Å². The fourth-order valence-electron chi connectivity index (χ4n) is 2.56. The van der Waals surface area contributed by atoms with Gasteiger partial charge in [-0.1, -0.05) is 40.9 Å². The first-order valence-electron chi connectivity index (χ1n) is 7.99. The molecule has 0 fully saturated rings. The molecular formula is C20H12Cl3N3O2. The Bertz CT molecular complexity index is 1080. The Morgan fingerprint density at radius 2 is 1.86 bits per heavy atom. The van der Waals surface area contributed by atoms with Gasteiger partial charge in [0.2, 0.25) is 0 Å². The lowest BCUT2D eigenvalue weighted by Gasteiger charge is -2.20. The monoisotopic (exact) mass is 431 g/mol. The molecule has 3 rings (SSSR count). The van der Waals surface area contributed by atoms with Crippen LogP contribution in [0.2, 0.25) is 15.1 Å². The predicted molar refractivity (Wildman–Crippen MR) is 108 cm³/mol. The third-order valence-corrected chi connectivity index (χ3v) is 4.94. The number of halogens is 3. The average Bonchev–Trinajstić information content (AvgIpc) is 2.69. The number of rotatable bonds is 4. The van der Waals surface area contributed by atoms with Crippen molar-refractivity contribution in [3.63, 3.8) is 0 Å². The molecule has 0 bridgehead atoms. The van der Waals surface area contributed by atoms with Crippen LogP contribution in [0.4, 0.5) is 0 Å². The number of hydrogen-bond donors (Lipinski definition) is 2. The minimum atomic E-state index is -0.640. The molecular weight excluding hydrogens is 421 g/mol. The molecule has 2 N–H and O–H groups in total. The summed E-state index contributed by atoms with van der Waals surface area (Å²) < 4.78 is 0. The number of aromatic hydroxyl groups is 1. The van der Waals surface area contributed by atoms with Gasteiger partial charge in [-0.3, -0.25) is 9.78 Å². The van der Waals surface area contributed by atoms with Crippen molar-refractivity contribution in [2.24, 2.45) is 0 Å². The molecule has 5 nitrogen and oxygen atoms in total. The van der Waals surface area contributed by atoms with Crippen molar-refractivity contribution in [3.8, 4) is 11.8 Å². The summed E-state index contributed by atoms with van der Waals surface area (Å²) in [6.07, 6.45) is 1.47. The van der Waals surface area contributed by atoms with E-state index in [1.807, 2.05) is 6.07 Å². The van der Waals surface area contributed by atoms with Gasteiger partial charge in [-0.2, -0.15) is 5.26 Å². The van der Waals surface area contributed by atoms with Gasteiger partial charge in [-0.15, -0.1) is 0 Å². The van der Waals surface area contributed by atoms with Gasteiger partial charge in [-0.25, -0.2) is 0 Å². The number of nitriles is 1. The van der Waals surface area contributed by atoms with Crippen molar-refractivity contribution >= 4 is 40.7 Å². The summed E-state index contributed by atoms with van der Waals surface area (Å²) in [6, 6.07) is 13.6. The molecule has 0 saturated carbocycles. The normalized spacial score (nSPS) is 11.5. The summed E-state index contributed by atoms with van der Waals surface area (Å²) in [5.41, 5.74) is 1.42. The molecule has 140 valence electrons. The molecule has 3 aromatic rings. The Balaban J connectivity index is 1.99. The van der Waals surface area contributed by atoms with E-state index in [4.69, 9.17) is 40.1 Å². The number of hydrogen-bond acceptors (Lipinski definition) is 4. The minimum Gasteiger partial charge on any atom is -0.507 e. The quantitative estimate of drug-likeness (QED) is 0.598. The molecule has 0 aliphatic heterocycles. The summed E-state index contributed by atoms with van der Waals surface area (Å²) in [6.45, 7) is 0. The second-order valence-corrected chi connectivity index (χ2v) is 7.08. The number of phenols is 1. The summed E-state index contributed by atoms with van der Waals surface area (Å²) in [5, 5.41) is 22.7. The maximum Gasteiger partial charge on any atom is 0.252 e. The Morgan fingerprint density at radius 1 is 1.07 bits per heavy atom. The molecule has 0 aliphatic carbocycles. The van der Waals surface area contributed by atoms with Crippen LogP contribution < -0.4 is 5.32 Å². The van der Waals surface area contributed by atoms with Gasteiger partial charge < -0.3 is 10.4 Å². The zero-order valence-electron chi connectivity index (χ0n) is 14.2. The molecule has 1 heterocycles. The number of benzene rings is 2. The summed E-state index contributed by atoms with van der Waals surface area (Å²) in [5.74, 6) is -0.649. The van der Waals surface area contributed by atoms with E-state index in [1.165, 1.54) is 24.4 Å². The molecule has 28 heavy (non-hydrogen) atoms. The Hall–Kier alpha value is -2.78. The van der Waals surface area contributed by atoms with E-state index in [0.717, 1.165) is 0 Å². The first-order valence-corrected chi connectivity index (χ1v) is 9.13. The third-order valence-electron chi connectivity index (χ3n) is 3.98. The topological polar surface area (TPSA) is 86.0 Å². The summed E-state index contributed by atoms with van der Waals surface area (Å²) >= 11 is 18.0. The predicted octanol–water partition coefficient (Wildman–Crippen LogP) is 5.14. The van der Waals surface area contributed by atoms with E-state index in [1.54, 1.807) is 30.3 Å². The third kappa shape index (κ3) is 4.37. The fraction of sp³-hybridized carbons (Fsp3) is 0.0500. The van der Waals surface area contributed by atoms with Crippen LogP contribution in [-0.4, -0.2) is 16.0 Å². The lowest BCUT2D eigenvalue weighted by molar-refractivity contribution is 0.0942. The highest BCUT2D eigenvalue weighted by Gasteiger charge is 2.21. The van der Waals surface area contributed by atoms with E-state index in [-0.39, 0.29) is 16.9 Å². The van der Waals surface area contributed by atoms with E-state index < -0.39 is 11.9 Å². The molecule has 0 radical (unpaired) electrons.